The van der Waals surface area contributed by atoms with E-state index >= 15 is 0 Å². The third kappa shape index (κ3) is 5.85. The fraction of sp³-hybridized carbons (Fsp3) is 0.933. The molecule has 18 heavy (non-hydrogen) atoms. The van der Waals surface area contributed by atoms with Crippen molar-refractivity contribution in [3.63, 3.8) is 0 Å². The van der Waals surface area contributed by atoms with Gasteiger partial charge in [-0.3, -0.25) is 0 Å². The summed E-state index contributed by atoms with van der Waals surface area (Å²) in [4.78, 5) is 10.7. The van der Waals surface area contributed by atoms with Gasteiger partial charge in [-0.2, -0.15) is 0 Å². The quantitative estimate of drug-likeness (QED) is 0.449. The van der Waals surface area contributed by atoms with Crippen LogP contribution in [0.1, 0.15) is 71.6 Å². The van der Waals surface area contributed by atoms with Crippen molar-refractivity contribution in [2.75, 3.05) is 0 Å². The molecule has 0 aliphatic carbocycles. The highest BCUT2D eigenvalue weighted by atomic mass is 16.6. The van der Waals surface area contributed by atoms with Crippen LogP contribution in [0, 0.1) is 5.92 Å². The molecule has 0 spiro atoms. The topological polar surface area (TPSA) is 49.8 Å². The molecule has 3 unspecified atom stereocenters. The van der Waals surface area contributed by atoms with Gasteiger partial charge in [0.1, 0.15) is 0 Å². The second kappa shape index (κ2) is 8.52. The Morgan fingerprint density at radius 1 is 1.11 bits per heavy atom. The smallest absolute Gasteiger partial charge is 0.335 e. The Bertz CT molecular complexity index is 240. The molecule has 1 heterocycles. The van der Waals surface area contributed by atoms with Crippen molar-refractivity contribution in [2.45, 2.75) is 83.8 Å². The summed E-state index contributed by atoms with van der Waals surface area (Å²) in [5.41, 5.74) is 0. The highest BCUT2D eigenvalue weighted by Crippen LogP contribution is 2.32. The van der Waals surface area contributed by atoms with Gasteiger partial charge in [0.15, 0.2) is 6.10 Å². The summed E-state index contributed by atoms with van der Waals surface area (Å²) in [7, 11) is 0. The van der Waals surface area contributed by atoms with Crippen LogP contribution in [0.15, 0.2) is 0 Å². The molecule has 3 heteroatoms. The first-order valence-corrected chi connectivity index (χ1v) is 7.57. The maximum absolute atomic E-state index is 10.7. The van der Waals surface area contributed by atoms with E-state index in [-0.39, 0.29) is 6.10 Å². The van der Waals surface area contributed by atoms with Crippen LogP contribution in [-0.4, -0.2) is 23.3 Å². The average Bonchev–Trinajstić information content (AvgIpc) is 3.08. The lowest BCUT2D eigenvalue weighted by Gasteiger charge is -2.14. The number of aliphatic carboxylic acids is 1. The van der Waals surface area contributed by atoms with Crippen LogP contribution in [-0.2, 0) is 9.53 Å². The Hall–Kier alpha value is -0.570. The second-order valence-electron chi connectivity index (χ2n) is 5.53. The number of epoxide rings is 1. The second-order valence-corrected chi connectivity index (χ2v) is 5.53. The van der Waals surface area contributed by atoms with Gasteiger partial charge in [-0.15, -0.1) is 0 Å². The first-order chi connectivity index (χ1) is 8.69. The largest absolute Gasteiger partial charge is 0.479 e. The zero-order valence-corrected chi connectivity index (χ0v) is 11.9. The monoisotopic (exact) mass is 256 g/mol. The van der Waals surface area contributed by atoms with E-state index in [1.807, 2.05) is 0 Å². The van der Waals surface area contributed by atoms with Crippen LogP contribution in [0.3, 0.4) is 0 Å². The lowest BCUT2D eigenvalue weighted by atomic mass is 9.91. The molecule has 1 rings (SSSR count). The van der Waals surface area contributed by atoms with E-state index in [2.05, 4.69) is 13.8 Å². The predicted octanol–water partition coefficient (Wildman–Crippen LogP) is 4.01. The highest BCUT2D eigenvalue weighted by Gasteiger charge is 2.45. The molecular weight excluding hydrogens is 228 g/mol. The molecule has 1 fully saturated rings. The lowest BCUT2D eigenvalue weighted by molar-refractivity contribution is -0.138. The molecule has 0 aromatic carbocycles. The van der Waals surface area contributed by atoms with Crippen LogP contribution in [0.5, 0.6) is 0 Å². The van der Waals surface area contributed by atoms with E-state index in [0.29, 0.717) is 5.92 Å². The highest BCUT2D eigenvalue weighted by molar-refractivity contribution is 5.75. The summed E-state index contributed by atoms with van der Waals surface area (Å²) in [5, 5.41) is 8.81. The Morgan fingerprint density at radius 3 is 2.39 bits per heavy atom. The molecule has 0 saturated carbocycles. The van der Waals surface area contributed by atoms with Crippen LogP contribution < -0.4 is 0 Å². The number of carbonyl (C=O) groups is 1. The van der Waals surface area contributed by atoms with Gasteiger partial charge in [0.05, 0.1) is 6.10 Å². The molecule has 0 amide bonds. The number of rotatable bonds is 11. The van der Waals surface area contributed by atoms with Gasteiger partial charge in [0.2, 0.25) is 0 Å². The summed E-state index contributed by atoms with van der Waals surface area (Å²) in [5.74, 6) is -0.135. The molecule has 3 atom stereocenters. The van der Waals surface area contributed by atoms with E-state index < -0.39 is 12.1 Å². The van der Waals surface area contributed by atoms with E-state index in [4.69, 9.17) is 9.84 Å². The van der Waals surface area contributed by atoms with Crippen LogP contribution in [0.4, 0.5) is 0 Å². The molecule has 0 radical (unpaired) electrons. The number of hydrogen-bond donors (Lipinski definition) is 1. The van der Waals surface area contributed by atoms with Gasteiger partial charge in [-0.25, -0.2) is 4.79 Å². The van der Waals surface area contributed by atoms with E-state index in [0.717, 1.165) is 6.42 Å². The summed E-state index contributed by atoms with van der Waals surface area (Å²) in [6.07, 6.45) is 10.6. The van der Waals surface area contributed by atoms with Crippen molar-refractivity contribution < 1.29 is 14.6 Å². The summed E-state index contributed by atoms with van der Waals surface area (Å²) in [6, 6.07) is 0. The van der Waals surface area contributed by atoms with Crippen molar-refractivity contribution in [1.29, 1.82) is 0 Å². The van der Waals surface area contributed by atoms with Crippen LogP contribution in [0.25, 0.3) is 0 Å². The van der Waals surface area contributed by atoms with E-state index in [1.165, 1.54) is 51.4 Å². The fourth-order valence-corrected chi connectivity index (χ4v) is 2.69. The molecule has 1 saturated heterocycles. The van der Waals surface area contributed by atoms with Gasteiger partial charge >= 0.3 is 5.97 Å². The molecule has 3 nitrogen and oxygen atoms in total. The normalized spacial score (nSPS) is 23.9. The number of hydrogen-bond acceptors (Lipinski definition) is 2. The first-order valence-electron chi connectivity index (χ1n) is 7.57. The van der Waals surface area contributed by atoms with Gasteiger partial charge in [0.25, 0.3) is 0 Å². The SMILES string of the molecule is CCCCCCCC(CCC)CC1OC1C(=O)O. The number of unbranched alkanes of at least 4 members (excludes halogenated alkanes) is 4. The Morgan fingerprint density at radius 2 is 1.83 bits per heavy atom. The van der Waals surface area contributed by atoms with Crippen molar-refractivity contribution in [1.82, 2.24) is 0 Å². The van der Waals surface area contributed by atoms with Crippen LogP contribution in [0.2, 0.25) is 0 Å². The Balaban J connectivity index is 2.13. The van der Waals surface area contributed by atoms with Gasteiger partial charge in [-0.1, -0.05) is 65.2 Å². The minimum absolute atomic E-state index is 0.00491. The lowest BCUT2D eigenvalue weighted by Crippen LogP contribution is -2.11. The molecule has 0 aromatic heterocycles. The zero-order valence-electron chi connectivity index (χ0n) is 11.9. The maximum Gasteiger partial charge on any atom is 0.335 e. The molecule has 1 N–H and O–H groups in total. The van der Waals surface area contributed by atoms with Gasteiger partial charge in [-0.05, 0) is 12.3 Å². The predicted molar refractivity (Wildman–Crippen MR) is 72.7 cm³/mol. The molecule has 1 aliphatic rings. The minimum Gasteiger partial charge on any atom is -0.479 e. The van der Waals surface area contributed by atoms with Crippen molar-refractivity contribution >= 4 is 5.97 Å². The number of carboxylic acids is 1. The van der Waals surface area contributed by atoms with Crippen molar-refractivity contribution in [3.05, 3.63) is 0 Å². The standard InChI is InChI=1S/C15H28O3/c1-3-5-6-7-8-10-12(9-4-2)11-13-14(18-13)15(16)17/h12-14H,3-11H2,1-2H3,(H,16,17). The Kier molecular flexibility index (Phi) is 7.33. The molecule has 1 aliphatic heterocycles. The van der Waals surface area contributed by atoms with Crippen LogP contribution >= 0.6 is 0 Å². The minimum atomic E-state index is -0.793. The fourth-order valence-electron chi connectivity index (χ4n) is 2.69. The number of ether oxygens (including phenoxy) is 1. The third-order valence-electron chi connectivity index (χ3n) is 3.80. The van der Waals surface area contributed by atoms with E-state index in [9.17, 15) is 4.79 Å². The first kappa shape index (κ1) is 15.5. The molecular formula is C15H28O3. The third-order valence-corrected chi connectivity index (χ3v) is 3.80. The van der Waals surface area contributed by atoms with Gasteiger partial charge in [0, 0.05) is 0 Å². The Labute approximate surface area is 111 Å². The molecule has 106 valence electrons. The number of carboxylic acid groups (broad SMARTS) is 1. The maximum atomic E-state index is 10.7. The van der Waals surface area contributed by atoms with Gasteiger partial charge < -0.3 is 9.84 Å². The molecule has 0 bridgehead atoms. The zero-order chi connectivity index (χ0) is 13.4. The summed E-state index contributed by atoms with van der Waals surface area (Å²) < 4.78 is 5.20. The molecule has 0 aromatic rings. The van der Waals surface area contributed by atoms with Crippen molar-refractivity contribution in [3.8, 4) is 0 Å². The summed E-state index contributed by atoms with van der Waals surface area (Å²) in [6.45, 7) is 4.43. The average molecular weight is 256 g/mol. The van der Waals surface area contributed by atoms with E-state index in [1.54, 1.807) is 0 Å². The summed E-state index contributed by atoms with van der Waals surface area (Å²) >= 11 is 0. The van der Waals surface area contributed by atoms with Crippen molar-refractivity contribution in [2.24, 2.45) is 5.92 Å².